The first kappa shape index (κ1) is 11.2. The fraction of sp³-hybridized carbons (Fsp3) is 0.0714. The molecule has 17 heavy (non-hydrogen) atoms. The van der Waals surface area contributed by atoms with Crippen molar-refractivity contribution in [2.75, 3.05) is 5.73 Å². The van der Waals surface area contributed by atoms with Gasteiger partial charge in [0.25, 0.3) is 0 Å². The zero-order valence-electron chi connectivity index (χ0n) is 9.37. The van der Waals surface area contributed by atoms with Crippen molar-refractivity contribution in [2.45, 2.75) is 6.92 Å². The smallest absolute Gasteiger partial charge is 0.133 e. The van der Waals surface area contributed by atoms with Gasteiger partial charge >= 0.3 is 0 Å². The molecule has 2 aromatic rings. The number of nitrogens with zero attached hydrogens (tertiary/aromatic N) is 1. The molecule has 0 aliphatic carbocycles. The van der Waals surface area contributed by atoms with Crippen LogP contribution in [0.1, 0.15) is 11.1 Å². The highest BCUT2D eigenvalue weighted by Crippen LogP contribution is 2.27. The minimum Gasteiger partial charge on any atom is -0.398 e. The van der Waals surface area contributed by atoms with Gasteiger partial charge in [0, 0.05) is 5.56 Å². The third-order valence-corrected chi connectivity index (χ3v) is 2.67. The molecule has 0 radical (unpaired) electrons. The summed E-state index contributed by atoms with van der Waals surface area (Å²) in [4.78, 5) is 0. The quantitative estimate of drug-likeness (QED) is 0.759. The van der Waals surface area contributed by atoms with Crippen LogP contribution in [0.25, 0.3) is 11.1 Å². The van der Waals surface area contributed by atoms with Crippen LogP contribution in [0.15, 0.2) is 36.4 Å². The van der Waals surface area contributed by atoms with Gasteiger partial charge in [-0.15, -0.1) is 0 Å². The van der Waals surface area contributed by atoms with E-state index in [9.17, 15) is 4.39 Å². The number of aryl methyl sites for hydroxylation is 1. The molecule has 0 unspecified atom stereocenters. The summed E-state index contributed by atoms with van der Waals surface area (Å²) in [5.74, 6) is -0.253. The Balaban J connectivity index is 2.59. The van der Waals surface area contributed by atoms with Gasteiger partial charge in [0.15, 0.2) is 0 Å². The number of anilines is 1. The number of nitrogen functional groups attached to an aromatic ring is 1. The Morgan fingerprint density at radius 2 is 2.00 bits per heavy atom. The highest BCUT2D eigenvalue weighted by Gasteiger charge is 2.08. The monoisotopic (exact) mass is 226 g/mol. The predicted molar refractivity (Wildman–Crippen MR) is 65.7 cm³/mol. The highest BCUT2D eigenvalue weighted by molar-refractivity contribution is 5.71. The maximum Gasteiger partial charge on any atom is 0.133 e. The van der Waals surface area contributed by atoms with Gasteiger partial charge in [-0.05, 0) is 30.2 Å². The van der Waals surface area contributed by atoms with Gasteiger partial charge in [-0.1, -0.05) is 24.3 Å². The van der Waals surface area contributed by atoms with E-state index in [1.807, 2.05) is 6.07 Å². The van der Waals surface area contributed by atoms with Crippen molar-refractivity contribution in [3.8, 4) is 17.2 Å². The lowest BCUT2D eigenvalue weighted by atomic mass is 10.0. The number of nitriles is 1. The molecule has 2 aromatic carbocycles. The zero-order chi connectivity index (χ0) is 12.4. The minimum absolute atomic E-state index is 0.253. The van der Waals surface area contributed by atoms with Gasteiger partial charge in [-0.2, -0.15) is 5.26 Å². The van der Waals surface area contributed by atoms with Crippen LogP contribution >= 0.6 is 0 Å². The Bertz CT molecular complexity index is 612. The molecule has 0 heterocycles. The van der Waals surface area contributed by atoms with Crippen LogP contribution in [0.3, 0.4) is 0 Å². The van der Waals surface area contributed by atoms with Crippen molar-refractivity contribution in [3.05, 3.63) is 53.3 Å². The first-order chi connectivity index (χ1) is 8.13. The largest absolute Gasteiger partial charge is 0.398 e. The normalized spacial score (nSPS) is 9.94. The van der Waals surface area contributed by atoms with Crippen LogP contribution < -0.4 is 5.73 Å². The first-order valence-electron chi connectivity index (χ1n) is 5.18. The van der Waals surface area contributed by atoms with Crippen LogP contribution in [-0.2, 0) is 0 Å². The molecule has 0 fully saturated rings. The Morgan fingerprint density at radius 3 is 2.65 bits per heavy atom. The fourth-order valence-corrected chi connectivity index (χ4v) is 1.70. The lowest BCUT2D eigenvalue weighted by Crippen LogP contribution is -1.93. The highest BCUT2D eigenvalue weighted by atomic mass is 19.1. The Kier molecular flexibility index (Phi) is 2.80. The van der Waals surface area contributed by atoms with E-state index in [1.54, 1.807) is 43.3 Å². The number of halogens is 1. The molecular weight excluding hydrogens is 215 g/mol. The van der Waals surface area contributed by atoms with Gasteiger partial charge in [-0.3, -0.25) is 0 Å². The van der Waals surface area contributed by atoms with Gasteiger partial charge < -0.3 is 5.73 Å². The molecule has 0 bridgehead atoms. The van der Waals surface area contributed by atoms with E-state index >= 15 is 0 Å². The van der Waals surface area contributed by atoms with E-state index in [2.05, 4.69) is 0 Å². The van der Waals surface area contributed by atoms with E-state index < -0.39 is 0 Å². The second-order valence-electron chi connectivity index (χ2n) is 3.85. The van der Waals surface area contributed by atoms with Gasteiger partial charge in [0.2, 0.25) is 0 Å². The van der Waals surface area contributed by atoms with Gasteiger partial charge in [-0.25, -0.2) is 4.39 Å². The maximum absolute atomic E-state index is 13.9. The molecule has 0 atom stereocenters. The molecule has 3 heteroatoms. The van der Waals surface area contributed by atoms with Crippen molar-refractivity contribution in [1.82, 2.24) is 0 Å². The molecule has 0 amide bonds. The average molecular weight is 226 g/mol. The Hall–Kier alpha value is -2.34. The summed E-state index contributed by atoms with van der Waals surface area (Å²) < 4.78 is 13.9. The summed E-state index contributed by atoms with van der Waals surface area (Å²) in [6.07, 6.45) is 0. The summed E-state index contributed by atoms with van der Waals surface area (Å²) in [6, 6.07) is 12.1. The summed E-state index contributed by atoms with van der Waals surface area (Å²) in [5, 5.41) is 8.77. The van der Waals surface area contributed by atoms with Crippen LogP contribution in [-0.4, -0.2) is 0 Å². The third-order valence-electron chi connectivity index (χ3n) is 2.67. The lowest BCUT2D eigenvalue weighted by Gasteiger charge is -2.07. The average Bonchev–Trinajstić information content (AvgIpc) is 2.32. The topological polar surface area (TPSA) is 49.8 Å². The number of hydrogen-bond donors (Lipinski definition) is 1. The van der Waals surface area contributed by atoms with E-state index in [0.717, 1.165) is 0 Å². The molecule has 0 aliphatic heterocycles. The summed E-state index contributed by atoms with van der Waals surface area (Å²) >= 11 is 0. The molecule has 0 saturated heterocycles. The molecular formula is C14H11FN2. The SMILES string of the molecule is Cc1cccc(-c2ccc(C#N)c(N)c2)c1F. The standard InChI is InChI=1S/C14H11FN2/c1-9-3-2-4-12(14(9)15)10-5-6-11(8-16)13(17)7-10/h2-7H,17H2,1H3. The molecule has 2 nitrogen and oxygen atoms in total. The van der Waals surface area contributed by atoms with Gasteiger partial charge in [0.05, 0.1) is 11.3 Å². The molecule has 84 valence electrons. The summed E-state index contributed by atoms with van der Waals surface area (Å²) in [7, 11) is 0. The number of benzene rings is 2. The lowest BCUT2D eigenvalue weighted by molar-refractivity contribution is 0.622. The number of nitrogens with two attached hydrogens (primary N) is 1. The van der Waals surface area contributed by atoms with Crippen LogP contribution in [0.2, 0.25) is 0 Å². The number of hydrogen-bond acceptors (Lipinski definition) is 2. The Labute approximate surface area is 99.1 Å². The maximum atomic E-state index is 13.9. The van der Waals surface area contributed by atoms with Crippen molar-refractivity contribution in [1.29, 1.82) is 5.26 Å². The van der Waals surface area contributed by atoms with E-state index in [0.29, 0.717) is 27.9 Å². The summed E-state index contributed by atoms with van der Waals surface area (Å²) in [6.45, 7) is 1.71. The minimum atomic E-state index is -0.253. The predicted octanol–water partition coefficient (Wildman–Crippen LogP) is 3.26. The molecule has 0 saturated carbocycles. The van der Waals surface area contributed by atoms with E-state index in [1.165, 1.54) is 0 Å². The molecule has 2 N–H and O–H groups in total. The van der Waals surface area contributed by atoms with Crippen molar-refractivity contribution >= 4 is 5.69 Å². The second kappa shape index (κ2) is 4.26. The zero-order valence-corrected chi connectivity index (χ0v) is 9.37. The van der Waals surface area contributed by atoms with Crippen molar-refractivity contribution in [2.24, 2.45) is 0 Å². The summed E-state index contributed by atoms with van der Waals surface area (Å²) in [5.41, 5.74) is 8.26. The van der Waals surface area contributed by atoms with Crippen molar-refractivity contribution in [3.63, 3.8) is 0 Å². The van der Waals surface area contributed by atoms with Crippen LogP contribution in [0.5, 0.6) is 0 Å². The van der Waals surface area contributed by atoms with E-state index in [4.69, 9.17) is 11.0 Å². The van der Waals surface area contributed by atoms with Crippen LogP contribution in [0.4, 0.5) is 10.1 Å². The number of rotatable bonds is 1. The third kappa shape index (κ3) is 1.98. The second-order valence-corrected chi connectivity index (χ2v) is 3.85. The molecule has 2 rings (SSSR count). The molecule has 0 spiro atoms. The van der Waals surface area contributed by atoms with E-state index in [-0.39, 0.29) is 5.82 Å². The first-order valence-corrected chi connectivity index (χ1v) is 5.18. The Morgan fingerprint density at radius 1 is 1.24 bits per heavy atom. The fourth-order valence-electron chi connectivity index (χ4n) is 1.70. The molecule has 0 aliphatic rings. The van der Waals surface area contributed by atoms with Gasteiger partial charge in [0.1, 0.15) is 11.9 Å². The van der Waals surface area contributed by atoms with Crippen LogP contribution in [0, 0.1) is 24.1 Å². The van der Waals surface area contributed by atoms with Crippen molar-refractivity contribution < 1.29 is 4.39 Å². The molecule has 0 aromatic heterocycles.